The molecule has 2 nitrogen and oxygen atoms in total. The first-order valence-corrected chi connectivity index (χ1v) is 4.49. The molecule has 2 aliphatic rings. The third kappa shape index (κ3) is 1.36. The number of hydrogen-bond acceptors (Lipinski definition) is 2. The SMILES string of the molecule is O=C(Cl)O[C@H]1CC2CCC1C2. The zero-order valence-corrected chi connectivity index (χ0v) is 7.01. The van der Waals surface area contributed by atoms with Gasteiger partial charge < -0.3 is 4.74 Å². The first-order valence-electron chi connectivity index (χ1n) is 4.12. The highest BCUT2D eigenvalue weighted by Crippen LogP contribution is 2.45. The van der Waals surface area contributed by atoms with Crippen LogP contribution in [0.25, 0.3) is 0 Å². The Hall–Kier alpha value is -0.240. The molecule has 3 atom stereocenters. The molecule has 0 aromatic heterocycles. The highest BCUT2D eigenvalue weighted by Gasteiger charge is 2.41. The van der Waals surface area contributed by atoms with Crippen molar-refractivity contribution in [2.24, 2.45) is 11.8 Å². The van der Waals surface area contributed by atoms with Crippen LogP contribution in [0.2, 0.25) is 0 Å². The van der Waals surface area contributed by atoms with Crippen molar-refractivity contribution in [3.8, 4) is 0 Å². The molecule has 0 aromatic rings. The van der Waals surface area contributed by atoms with Crippen LogP contribution in [-0.2, 0) is 4.74 Å². The highest BCUT2D eigenvalue weighted by atomic mass is 35.5. The van der Waals surface area contributed by atoms with Crippen LogP contribution < -0.4 is 0 Å². The van der Waals surface area contributed by atoms with Gasteiger partial charge in [0.25, 0.3) is 0 Å². The van der Waals surface area contributed by atoms with Crippen molar-refractivity contribution >= 4 is 17.0 Å². The van der Waals surface area contributed by atoms with Gasteiger partial charge >= 0.3 is 5.43 Å². The fraction of sp³-hybridized carbons (Fsp3) is 0.875. The predicted molar refractivity (Wildman–Crippen MR) is 41.6 cm³/mol. The zero-order chi connectivity index (χ0) is 7.84. The Kier molecular flexibility index (Phi) is 1.80. The Morgan fingerprint density at radius 1 is 1.36 bits per heavy atom. The van der Waals surface area contributed by atoms with Crippen LogP contribution in [0.3, 0.4) is 0 Å². The fourth-order valence-corrected chi connectivity index (χ4v) is 2.56. The van der Waals surface area contributed by atoms with Crippen molar-refractivity contribution in [2.75, 3.05) is 0 Å². The number of halogens is 1. The largest absolute Gasteiger partial charge is 0.450 e. The lowest BCUT2D eigenvalue weighted by molar-refractivity contribution is 0.0840. The minimum absolute atomic E-state index is 0.138. The van der Waals surface area contributed by atoms with Crippen LogP contribution in [0.1, 0.15) is 25.7 Å². The maximum Gasteiger partial charge on any atom is 0.404 e. The first-order chi connectivity index (χ1) is 5.25. The molecule has 2 bridgehead atoms. The quantitative estimate of drug-likeness (QED) is 0.571. The van der Waals surface area contributed by atoms with Gasteiger partial charge in [0.05, 0.1) is 0 Å². The van der Waals surface area contributed by atoms with Crippen LogP contribution in [0.15, 0.2) is 0 Å². The molecule has 0 aromatic carbocycles. The summed E-state index contributed by atoms with van der Waals surface area (Å²) in [7, 11) is 0. The number of carbonyl (C=O) groups excluding carboxylic acids is 1. The van der Waals surface area contributed by atoms with Gasteiger partial charge in [-0.3, -0.25) is 0 Å². The first kappa shape index (κ1) is 7.41. The van der Waals surface area contributed by atoms with E-state index in [-0.39, 0.29) is 6.10 Å². The summed E-state index contributed by atoms with van der Waals surface area (Å²) >= 11 is 5.13. The second-order valence-electron chi connectivity index (χ2n) is 3.57. The highest BCUT2D eigenvalue weighted by molar-refractivity contribution is 6.61. The van der Waals surface area contributed by atoms with Gasteiger partial charge in [0.1, 0.15) is 6.10 Å². The molecule has 0 spiro atoms. The molecule has 0 saturated heterocycles. The Bertz CT molecular complexity index is 181. The van der Waals surface area contributed by atoms with E-state index in [0.29, 0.717) is 5.92 Å². The number of rotatable bonds is 1. The zero-order valence-electron chi connectivity index (χ0n) is 6.25. The molecular weight excluding hydrogens is 164 g/mol. The van der Waals surface area contributed by atoms with E-state index in [1.54, 1.807) is 0 Å². The van der Waals surface area contributed by atoms with Crippen LogP contribution in [0.5, 0.6) is 0 Å². The van der Waals surface area contributed by atoms with Crippen LogP contribution in [0, 0.1) is 11.8 Å². The van der Waals surface area contributed by atoms with Gasteiger partial charge in [-0.15, -0.1) is 0 Å². The Morgan fingerprint density at radius 2 is 2.18 bits per heavy atom. The van der Waals surface area contributed by atoms with E-state index in [1.165, 1.54) is 19.3 Å². The third-order valence-electron chi connectivity index (χ3n) is 2.92. The Labute approximate surface area is 70.9 Å². The summed E-state index contributed by atoms with van der Waals surface area (Å²) in [5.41, 5.74) is -0.637. The van der Waals surface area contributed by atoms with E-state index >= 15 is 0 Å². The van der Waals surface area contributed by atoms with Crippen LogP contribution >= 0.6 is 11.6 Å². The molecule has 2 unspecified atom stereocenters. The normalized spacial score (nSPS) is 41.0. The van der Waals surface area contributed by atoms with Crippen molar-refractivity contribution in [1.29, 1.82) is 0 Å². The Balaban J connectivity index is 1.92. The maximum atomic E-state index is 10.4. The van der Waals surface area contributed by atoms with E-state index in [4.69, 9.17) is 16.3 Å². The summed E-state index contributed by atoms with van der Waals surface area (Å²) in [6.07, 6.45) is 4.97. The number of hydrogen-bond donors (Lipinski definition) is 0. The standard InChI is InChI=1S/C8H11ClO2/c9-8(10)11-7-4-5-1-2-6(7)3-5/h5-7H,1-4H2/t5?,6?,7-/m0/s1. The predicted octanol–water partition coefficient (Wildman–Crippen LogP) is 2.55. The third-order valence-corrected chi connectivity index (χ3v) is 3.01. The molecule has 11 heavy (non-hydrogen) atoms. The second kappa shape index (κ2) is 2.67. The molecular formula is C8H11ClO2. The number of carbonyl (C=O) groups is 1. The minimum atomic E-state index is -0.637. The van der Waals surface area contributed by atoms with E-state index in [1.807, 2.05) is 0 Å². The molecule has 0 radical (unpaired) electrons. The molecule has 0 amide bonds. The molecule has 2 fully saturated rings. The number of ether oxygens (including phenoxy) is 1. The molecule has 2 saturated carbocycles. The topological polar surface area (TPSA) is 26.3 Å². The summed E-state index contributed by atoms with van der Waals surface area (Å²) in [5.74, 6) is 1.42. The van der Waals surface area contributed by atoms with E-state index < -0.39 is 5.43 Å². The molecule has 2 aliphatic carbocycles. The van der Waals surface area contributed by atoms with E-state index in [2.05, 4.69) is 0 Å². The van der Waals surface area contributed by atoms with Crippen molar-refractivity contribution in [3.63, 3.8) is 0 Å². The van der Waals surface area contributed by atoms with Gasteiger partial charge in [-0.1, -0.05) is 0 Å². The van der Waals surface area contributed by atoms with Gasteiger partial charge in [-0.05, 0) is 37.5 Å². The van der Waals surface area contributed by atoms with Crippen molar-refractivity contribution in [2.45, 2.75) is 31.8 Å². The van der Waals surface area contributed by atoms with Crippen molar-refractivity contribution < 1.29 is 9.53 Å². The van der Waals surface area contributed by atoms with Crippen LogP contribution in [-0.4, -0.2) is 11.5 Å². The van der Waals surface area contributed by atoms with Crippen molar-refractivity contribution in [3.05, 3.63) is 0 Å². The minimum Gasteiger partial charge on any atom is -0.450 e. The van der Waals surface area contributed by atoms with Gasteiger partial charge in [-0.25, -0.2) is 4.79 Å². The molecule has 0 N–H and O–H groups in total. The van der Waals surface area contributed by atoms with Gasteiger partial charge in [-0.2, -0.15) is 0 Å². The average Bonchev–Trinajstić information content (AvgIpc) is 2.45. The van der Waals surface area contributed by atoms with E-state index in [0.717, 1.165) is 12.3 Å². The lowest BCUT2D eigenvalue weighted by atomic mass is 9.98. The summed E-state index contributed by atoms with van der Waals surface area (Å²) < 4.78 is 4.97. The average molecular weight is 175 g/mol. The van der Waals surface area contributed by atoms with Gasteiger partial charge in [0.15, 0.2) is 0 Å². The van der Waals surface area contributed by atoms with Gasteiger partial charge in [0, 0.05) is 11.6 Å². The monoisotopic (exact) mass is 174 g/mol. The number of fused-ring (bicyclic) bond motifs is 2. The lowest BCUT2D eigenvalue weighted by Gasteiger charge is -2.19. The molecule has 62 valence electrons. The summed E-state index contributed by atoms with van der Waals surface area (Å²) in [5, 5.41) is 0. The second-order valence-corrected chi connectivity index (χ2v) is 3.88. The maximum absolute atomic E-state index is 10.4. The van der Waals surface area contributed by atoms with Crippen molar-refractivity contribution in [1.82, 2.24) is 0 Å². The smallest absolute Gasteiger partial charge is 0.404 e. The molecule has 0 heterocycles. The summed E-state index contributed by atoms with van der Waals surface area (Å²) in [6.45, 7) is 0. The molecule has 2 rings (SSSR count). The summed E-state index contributed by atoms with van der Waals surface area (Å²) in [6, 6.07) is 0. The van der Waals surface area contributed by atoms with E-state index in [9.17, 15) is 4.79 Å². The lowest BCUT2D eigenvalue weighted by Crippen LogP contribution is -2.21. The Morgan fingerprint density at radius 3 is 2.64 bits per heavy atom. The van der Waals surface area contributed by atoms with Crippen LogP contribution in [0.4, 0.5) is 4.79 Å². The fourth-order valence-electron chi connectivity index (χ4n) is 2.45. The summed E-state index contributed by atoms with van der Waals surface area (Å²) in [4.78, 5) is 10.4. The molecule has 3 heteroatoms. The van der Waals surface area contributed by atoms with Gasteiger partial charge in [0.2, 0.25) is 0 Å². The molecule has 0 aliphatic heterocycles.